The highest BCUT2D eigenvalue weighted by Gasteiger charge is 2.10. The highest BCUT2D eigenvalue weighted by molar-refractivity contribution is 5.65. The Morgan fingerprint density at radius 1 is 1.08 bits per heavy atom. The molecule has 1 aromatic heterocycles. The van der Waals surface area contributed by atoms with E-state index in [0.717, 1.165) is 11.3 Å². The molecule has 0 fully saturated rings. The zero-order valence-electron chi connectivity index (χ0n) is 13.3. The second-order valence-corrected chi connectivity index (χ2v) is 5.25. The van der Waals surface area contributed by atoms with Crippen molar-refractivity contribution in [3.63, 3.8) is 0 Å². The molecule has 2 N–H and O–H groups in total. The van der Waals surface area contributed by atoms with E-state index in [0.29, 0.717) is 22.9 Å². The molecule has 6 heteroatoms. The lowest BCUT2D eigenvalue weighted by Gasteiger charge is -2.10. The Bertz CT molecular complexity index is 903. The van der Waals surface area contributed by atoms with E-state index in [1.807, 2.05) is 24.3 Å². The lowest BCUT2D eigenvalue weighted by molar-refractivity contribution is 0.415. The first-order valence-corrected chi connectivity index (χ1v) is 7.35. The number of anilines is 2. The second kappa shape index (κ2) is 6.54. The summed E-state index contributed by atoms with van der Waals surface area (Å²) in [6.45, 7) is 1.72. The van der Waals surface area contributed by atoms with Gasteiger partial charge in [-0.15, -0.1) is 0 Å². The molecule has 0 aliphatic carbocycles. The number of nitrogens with zero attached hydrogens (tertiary/aromatic N) is 1. The first kappa shape index (κ1) is 15.7. The minimum atomic E-state index is -0.329. The molecular weight excluding hydrogens is 309 g/mol. The van der Waals surface area contributed by atoms with E-state index in [9.17, 15) is 9.18 Å². The number of aromatic nitrogens is 2. The fraction of sp³-hybridized carbons (Fsp3) is 0.111. The van der Waals surface area contributed by atoms with Gasteiger partial charge in [-0.2, -0.15) is 0 Å². The number of nitrogens with one attached hydrogen (secondary N) is 2. The van der Waals surface area contributed by atoms with Crippen LogP contribution in [0.5, 0.6) is 5.75 Å². The summed E-state index contributed by atoms with van der Waals surface area (Å²) in [7, 11) is 1.59. The van der Waals surface area contributed by atoms with Gasteiger partial charge in [-0.05, 0) is 55.5 Å². The average Bonchev–Trinajstić information content (AvgIpc) is 2.60. The Kier molecular flexibility index (Phi) is 4.29. The summed E-state index contributed by atoms with van der Waals surface area (Å²) < 4.78 is 18.1. The van der Waals surface area contributed by atoms with E-state index in [4.69, 9.17) is 4.74 Å². The molecule has 0 saturated carbocycles. The van der Waals surface area contributed by atoms with Gasteiger partial charge in [0, 0.05) is 16.8 Å². The molecule has 24 heavy (non-hydrogen) atoms. The molecule has 122 valence electrons. The molecule has 0 radical (unpaired) electrons. The normalized spacial score (nSPS) is 10.5. The number of ether oxygens (including phenoxy) is 1. The van der Waals surface area contributed by atoms with Crippen molar-refractivity contribution in [3.8, 4) is 17.0 Å². The summed E-state index contributed by atoms with van der Waals surface area (Å²) in [4.78, 5) is 19.3. The van der Waals surface area contributed by atoms with Crippen LogP contribution in [0.2, 0.25) is 0 Å². The third-order valence-corrected chi connectivity index (χ3v) is 3.62. The third-order valence-electron chi connectivity index (χ3n) is 3.62. The number of rotatable bonds is 4. The van der Waals surface area contributed by atoms with E-state index in [1.54, 1.807) is 26.2 Å². The number of halogens is 1. The standard InChI is InChI=1S/C18H16FN3O2/c1-11-16(12-3-9-15(24-2)10-4-12)21-18(22-17(11)23)20-14-7-5-13(19)6-8-14/h3-10H,1-2H3,(H2,20,21,22,23). The third kappa shape index (κ3) is 3.27. The molecule has 3 aromatic rings. The first-order valence-electron chi connectivity index (χ1n) is 7.35. The highest BCUT2D eigenvalue weighted by Crippen LogP contribution is 2.23. The van der Waals surface area contributed by atoms with Crippen LogP contribution >= 0.6 is 0 Å². The van der Waals surface area contributed by atoms with Crippen molar-refractivity contribution in [1.29, 1.82) is 0 Å². The van der Waals surface area contributed by atoms with Gasteiger partial charge in [-0.3, -0.25) is 9.78 Å². The van der Waals surface area contributed by atoms with Crippen LogP contribution in [0.4, 0.5) is 16.0 Å². The molecule has 1 heterocycles. The predicted molar refractivity (Wildman–Crippen MR) is 91.3 cm³/mol. The van der Waals surface area contributed by atoms with Gasteiger partial charge >= 0.3 is 0 Å². The molecule has 5 nitrogen and oxygen atoms in total. The molecule has 3 rings (SSSR count). The molecule has 0 atom stereocenters. The van der Waals surface area contributed by atoms with Crippen LogP contribution in [0.1, 0.15) is 5.56 Å². The maximum Gasteiger partial charge on any atom is 0.255 e. The van der Waals surface area contributed by atoms with Gasteiger partial charge in [0.15, 0.2) is 0 Å². The van der Waals surface area contributed by atoms with E-state index < -0.39 is 0 Å². The second-order valence-electron chi connectivity index (χ2n) is 5.25. The molecule has 2 aromatic carbocycles. The number of H-pyrrole nitrogens is 1. The Morgan fingerprint density at radius 2 is 1.75 bits per heavy atom. The van der Waals surface area contributed by atoms with Crippen molar-refractivity contribution in [1.82, 2.24) is 9.97 Å². The smallest absolute Gasteiger partial charge is 0.255 e. The topological polar surface area (TPSA) is 67.0 Å². The summed E-state index contributed by atoms with van der Waals surface area (Å²) in [5.41, 5.74) is 2.29. The fourth-order valence-corrected chi connectivity index (χ4v) is 2.29. The number of hydrogen-bond acceptors (Lipinski definition) is 4. The summed E-state index contributed by atoms with van der Waals surface area (Å²) in [6, 6.07) is 13.1. The Hall–Kier alpha value is -3.15. The maximum absolute atomic E-state index is 13.0. The van der Waals surface area contributed by atoms with E-state index in [1.165, 1.54) is 12.1 Å². The van der Waals surface area contributed by atoms with Crippen molar-refractivity contribution in [2.75, 3.05) is 12.4 Å². The molecule has 0 saturated heterocycles. The Balaban J connectivity index is 1.98. The quantitative estimate of drug-likeness (QED) is 0.768. The van der Waals surface area contributed by atoms with Crippen LogP contribution in [0.15, 0.2) is 53.3 Å². The van der Waals surface area contributed by atoms with Crippen LogP contribution in [-0.4, -0.2) is 17.1 Å². The zero-order chi connectivity index (χ0) is 17.1. The fourth-order valence-electron chi connectivity index (χ4n) is 2.29. The van der Waals surface area contributed by atoms with Crippen molar-refractivity contribution in [3.05, 3.63) is 70.3 Å². The van der Waals surface area contributed by atoms with Crippen LogP contribution in [0.25, 0.3) is 11.3 Å². The summed E-state index contributed by atoms with van der Waals surface area (Å²) in [5, 5.41) is 2.97. The largest absolute Gasteiger partial charge is 0.497 e. The lowest BCUT2D eigenvalue weighted by atomic mass is 10.1. The van der Waals surface area contributed by atoms with Gasteiger partial charge in [-0.1, -0.05) is 0 Å². The van der Waals surface area contributed by atoms with Crippen LogP contribution in [-0.2, 0) is 0 Å². The van der Waals surface area contributed by atoms with Crippen LogP contribution in [0, 0.1) is 12.7 Å². The molecule has 0 bridgehead atoms. The number of hydrogen-bond donors (Lipinski definition) is 2. The van der Waals surface area contributed by atoms with Crippen LogP contribution < -0.4 is 15.6 Å². The van der Waals surface area contributed by atoms with E-state index in [2.05, 4.69) is 15.3 Å². The SMILES string of the molecule is COc1ccc(-c2nc(Nc3ccc(F)cc3)[nH]c(=O)c2C)cc1. The van der Waals surface area contributed by atoms with Crippen molar-refractivity contribution >= 4 is 11.6 Å². The van der Waals surface area contributed by atoms with E-state index in [-0.39, 0.29) is 11.4 Å². The number of benzene rings is 2. The van der Waals surface area contributed by atoms with Gasteiger partial charge in [-0.25, -0.2) is 9.37 Å². The molecule has 0 unspecified atom stereocenters. The van der Waals surface area contributed by atoms with Gasteiger partial charge in [0.2, 0.25) is 5.95 Å². The van der Waals surface area contributed by atoms with Crippen molar-refractivity contribution in [2.24, 2.45) is 0 Å². The first-order chi connectivity index (χ1) is 11.6. The molecule has 0 aliphatic heterocycles. The lowest BCUT2D eigenvalue weighted by Crippen LogP contribution is -2.15. The highest BCUT2D eigenvalue weighted by atomic mass is 19.1. The summed E-state index contributed by atoms with van der Waals surface area (Å²) in [6.07, 6.45) is 0. The monoisotopic (exact) mass is 325 g/mol. The van der Waals surface area contributed by atoms with Crippen LogP contribution in [0.3, 0.4) is 0 Å². The van der Waals surface area contributed by atoms with Gasteiger partial charge in [0.1, 0.15) is 11.6 Å². The van der Waals surface area contributed by atoms with Crippen molar-refractivity contribution < 1.29 is 9.13 Å². The molecule has 0 aliphatic rings. The maximum atomic E-state index is 13.0. The summed E-state index contributed by atoms with van der Waals surface area (Å²) >= 11 is 0. The molecule has 0 amide bonds. The minimum Gasteiger partial charge on any atom is -0.497 e. The van der Waals surface area contributed by atoms with Crippen molar-refractivity contribution in [2.45, 2.75) is 6.92 Å². The zero-order valence-corrected chi connectivity index (χ0v) is 13.3. The number of aromatic amines is 1. The molecular formula is C18H16FN3O2. The Morgan fingerprint density at radius 3 is 2.38 bits per heavy atom. The number of methoxy groups -OCH3 is 1. The van der Waals surface area contributed by atoms with Gasteiger partial charge < -0.3 is 10.1 Å². The van der Waals surface area contributed by atoms with E-state index >= 15 is 0 Å². The van der Waals surface area contributed by atoms with Gasteiger partial charge in [0.05, 0.1) is 12.8 Å². The Labute approximate surface area is 138 Å². The average molecular weight is 325 g/mol. The minimum absolute atomic E-state index is 0.236. The predicted octanol–water partition coefficient (Wildman–Crippen LogP) is 3.64. The molecule has 0 spiro atoms. The van der Waals surface area contributed by atoms with Gasteiger partial charge in [0.25, 0.3) is 5.56 Å². The summed E-state index contributed by atoms with van der Waals surface area (Å²) in [5.74, 6) is 0.693.